The quantitative estimate of drug-likeness (QED) is 0.711. The van der Waals surface area contributed by atoms with Gasteiger partial charge in [0.1, 0.15) is 0 Å². The van der Waals surface area contributed by atoms with E-state index in [-0.39, 0.29) is 11.9 Å². The Morgan fingerprint density at radius 3 is 2.23 bits per heavy atom. The van der Waals surface area contributed by atoms with E-state index in [1.165, 1.54) is 4.90 Å². The monoisotopic (exact) mass is 401 g/mol. The predicted octanol–water partition coefficient (Wildman–Crippen LogP) is 3.40. The van der Waals surface area contributed by atoms with Crippen LogP contribution in [0.3, 0.4) is 0 Å². The number of methoxy groups -OCH3 is 2. The number of amides is 1. The average Bonchev–Trinajstić information content (AvgIpc) is 3.03. The van der Waals surface area contributed by atoms with Gasteiger partial charge < -0.3 is 15.2 Å². The molecule has 4 rings (SSSR count). The largest absolute Gasteiger partial charge is 0.493 e. The molecular weight excluding hydrogens is 378 g/mol. The summed E-state index contributed by atoms with van der Waals surface area (Å²) in [5.74, 6) is 1.26. The van der Waals surface area contributed by atoms with Crippen LogP contribution in [0.4, 0.5) is 0 Å². The van der Waals surface area contributed by atoms with Crippen molar-refractivity contribution in [1.29, 1.82) is 0 Å². The molecule has 1 unspecified atom stereocenters. The molecular formula is C24H23N3O3. The van der Waals surface area contributed by atoms with Crippen molar-refractivity contribution in [2.75, 3.05) is 21.3 Å². The Morgan fingerprint density at radius 2 is 1.60 bits per heavy atom. The minimum atomic E-state index is -1.23. The molecule has 0 bridgehead atoms. The van der Waals surface area contributed by atoms with E-state index in [2.05, 4.69) is 4.99 Å². The zero-order valence-corrected chi connectivity index (χ0v) is 17.1. The van der Waals surface area contributed by atoms with Crippen LogP contribution in [-0.4, -0.2) is 38.0 Å². The van der Waals surface area contributed by atoms with Crippen molar-refractivity contribution in [2.24, 2.45) is 10.7 Å². The van der Waals surface area contributed by atoms with Crippen molar-refractivity contribution in [3.8, 4) is 22.6 Å². The number of para-hydroxylation sites is 1. The number of hydrogen-bond acceptors (Lipinski definition) is 5. The Balaban J connectivity index is 1.94. The van der Waals surface area contributed by atoms with Crippen molar-refractivity contribution in [3.05, 3.63) is 83.9 Å². The summed E-state index contributed by atoms with van der Waals surface area (Å²) in [6.45, 7) is 0. The van der Waals surface area contributed by atoms with Gasteiger partial charge in [-0.05, 0) is 28.8 Å². The van der Waals surface area contributed by atoms with Crippen LogP contribution in [0.2, 0.25) is 0 Å². The maximum atomic E-state index is 13.4. The molecule has 0 saturated heterocycles. The Kier molecular flexibility index (Phi) is 4.91. The lowest BCUT2D eigenvalue weighted by molar-refractivity contribution is -0.129. The number of ether oxygens (including phenoxy) is 2. The molecule has 152 valence electrons. The van der Waals surface area contributed by atoms with Crippen LogP contribution < -0.4 is 15.2 Å². The molecule has 1 heterocycles. The van der Waals surface area contributed by atoms with Gasteiger partial charge in [-0.15, -0.1) is 0 Å². The topological polar surface area (TPSA) is 77.2 Å². The Morgan fingerprint density at radius 1 is 0.900 bits per heavy atom. The summed E-state index contributed by atoms with van der Waals surface area (Å²) in [5, 5.41) is 0. The third kappa shape index (κ3) is 2.88. The Hall–Kier alpha value is -3.80. The zero-order chi connectivity index (χ0) is 21.3. The van der Waals surface area contributed by atoms with Gasteiger partial charge in [0.15, 0.2) is 23.0 Å². The van der Waals surface area contributed by atoms with Crippen LogP contribution in [0.25, 0.3) is 11.1 Å². The van der Waals surface area contributed by atoms with E-state index in [0.717, 1.165) is 22.3 Å². The zero-order valence-electron chi connectivity index (χ0n) is 17.1. The van der Waals surface area contributed by atoms with Crippen molar-refractivity contribution in [1.82, 2.24) is 4.90 Å². The average molecular weight is 401 g/mol. The number of guanidine groups is 1. The number of benzene rings is 3. The van der Waals surface area contributed by atoms with Crippen LogP contribution in [0, 0.1) is 0 Å². The van der Waals surface area contributed by atoms with Gasteiger partial charge in [-0.3, -0.25) is 9.69 Å². The highest BCUT2D eigenvalue weighted by molar-refractivity contribution is 6.09. The summed E-state index contributed by atoms with van der Waals surface area (Å²) in [6.07, 6.45) is 0. The summed E-state index contributed by atoms with van der Waals surface area (Å²) in [4.78, 5) is 19.4. The molecule has 6 heteroatoms. The highest BCUT2D eigenvalue weighted by Crippen LogP contribution is 2.42. The van der Waals surface area contributed by atoms with Crippen LogP contribution in [-0.2, 0) is 10.3 Å². The van der Waals surface area contributed by atoms with Crippen molar-refractivity contribution >= 4 is 11.9 Å². The minimum absolute atomic E-state index is 0.188. The van der Waals surface area contributed by atoms with Gasteiger partial charge in [0.05, 0.1) is 14.2 Å². The summed E-state index contributed by atoms with van der Waals surface area (Å²) < 4.78 is 11.0. The first-order valence-corrected chi connectivity index (χ1v) is 9.54. The molecule has 0 radical (unpaired) electrons. The van der Waals surface area contributed by atoms with Crippen molar-refractivity contribution in [3.63, 3.8) is 0 Å². The lowest BCUT2D eigenvalue weighted by atomic mass is 9.81. The van der Waals surface area contributed by atoms with E-state index in [9.17, 15) is 4.79 Å². The minimum Gasteiger partial charge on any atom is -0.493 e. The smallest absolute Gasteiger partial charge is 0.266 e. The second-order valence-corrected chi connectivity index (χ2v) is 7.03. The molecule has 2 N–H and O–H groups in total. The Bertz CT molecular complexity index is 1130. The first-order valence-electron chi connectivity index (χ1n) is 9.54. The molecule has 0 aromatic heterocycles. The molecule has 1 aliphatic rings. The normalized spacial score (nSPS) is 18.3. The fourth-order valence-corrected chi connectivity index (χ4v) is 3.89. The van der Waals surface area contributed by atoms with Crippen LogP contribution in [0.5, 0.6) is 11.5 Å². The van der Waals surface area contributed by atoms with Gasteiger partial charge in [0.2, 0.25) is 0 Å². The lowest BCUT2D eigenvalue weighted by Crippen LogP contribution is -2.41. The molecule has 1 atom stereocenters. The molecule has 3 aromatic rings. The number of nitrogens with zero attached hydrogens (tertiary/aromatic N) is 2. The van der Waals surface area contributed by atoms with E-state index in [0.29, 0.717) is 11.5 Å². The molecule has 1 amide bonds. The predicted molar refractivity (Wildman–Crippen MR) is 117 cm³/mol. The first kappa shape index (κ1) is 19.5. The molecule has 0 aliphatic carbocycles. The van der Waals surface area contributed by atoms with Gasteiger partial charge >= 0.3 is 0 Å². The molecule has 0 fully saturated rings. The highest BCUT2D eigenvalue weighted by atomic mass is 16.5. The van der Waals surface area contributed by atoms with Gasteiger partial charge in [0.25, 0.3) is 5.91 Å². The third-order valence-electron chi connectivity index (χ3n) is 5.43. The van der Waals surface area contributed by atoms with Crippen molar-refractivity contribution < 1.29 is 14.3 Å². The second kappa shape index (κ2) is 7.55. The number of nitrogens with two attached hydrogens (primary N) is 1. The summed E-state index contributed by atoms with van der Waals surface area (Å²) in [7, 11) is 4.85. The van der Waals surface area contributed by atoms with Crippen LogP contribution in [0.15, 0.2) is 77.8 Å². The third-order valence-corrected chi connectivity index (χ3v) is 5.43. The van der Waals surface area contributed by atoms with Crippen LogP contribution >= 0.6 is 0 Å². The lowest BCUT2D eigenvalue weighted by Gasteiger charge is -2.26. The van der Waals surface area contributed by atoms with E-state index in [1.807, 2.05) is 72.8 Å². The van der Waals surface area contributed by atoms with Crippen LogP contribution in [0.1, 0.15) is 11.1 Å². The fraction of sp³-hybridized carbons (Fsp3) is 0.167. The van der Waals surface area contributed by atoms with Gasteiger partial charge in [-0.1, -0.05) is 60.7 Å². The second-order valence-electron chi connectivity index (χ2n) is 7.03. The number of carbonyl (C=O) groups excluding carboxylic acids is 1. The number of carbonyl (C=O) groups is 1. The molecule has 1 aliphatic heterocycles. The molecule has 30 heavy (non-hydrogen) atoms. The maximum absolute atomic E-state index is 13.4. The molecule has 6 nitrogen and oxygen atoms in total. The number of hydrogen-bond donors (Lipinski definition) is 1. The highest BCUT2D eigenvalue weighted by Gasteiger charge is 2.49. The van der Waals surface area contributed by atoms with Gasteiger partial charge in [0, 0.05) is 12.6 Å². The first-order chi connectivity index (χ1) is 14.5. The van der Waals surface area contributed by atoms with Gasteiger partial charge in [-0.25, -0.2) is 4.99 Å². The summed E-state index contributed by atoms with van der Waals surface area (Å²) >= 11 is 0. The molecule has 3 aromatic carbocycles. The van der Waals surface area contributed by atoms with E-state index in [4.69, 9.17) is 15.2 Å². The van der Waals surface area contributed by atoms with Gasteiger partial charge in [-0.2, -0.15) is 0 Å². The molecule has 0 spiro atoms. The molecule has 0 saturated carbocycles. The SMILES string of the molecule is COc1cccc(-c2cccc(C3(c4ccccc4)N=C(N)N(C)C3=O)c2)c1OC. The summed E-state index contributed by atoms with van der Waals surface area (Å²) in [5.41, 5.74) is 8.07. The fourth-order valence-electron chi connectivity index (χ4n) is 3.89. The number of likely N-dealkylation sites (N-methyl/N-ethyl adjacent to an activating group) is 1. The Labute approximate surface area is 175 Å². The van der Waals surface area contributed by atoms with E-state index in [1.54, 1.807) is 21.3 Å². The van der Waals surface area contributed by atoms with E-state index >= 15 is 0 Å². The number of rotatable bonds is 5. The summed E-state index contributed by atoms with van der Waals surface area (Å²) in [6, 6.07) is 22.9. The van der Waals surface area contributed by atoms with Crippen molar-refractivity contribution in [2.45, 2.75) is 5.54 Å². The standard InChI is InChI=1S/C24H23N3O3/c1-27-22(28)24(26-23(27)25,17-10-5-4-6-11-17)18-12-7-9-16(15-18)19-13-8-14-20(29-2)21(19)30-3/h4-15H,1-3H3,(H2,25,26). The number of aliphatic imine (C=N–C) groups is 1. The van der Waals surface area contributed by atoms with E-state index < -0.39 is 5.54 Å². The maximum Gasteiger partial charge on any atom is 0.266 e.